The minimum absolute atomic E-state index is 0.239. The molecule has 1 aromatic carbocycles. The number of hydrogen-bond donors (Lipinski definition) is 1. The Bertz CT molecular complexity index is 1060. The third-order valence-corrected chi connectivity index (χ3v) is 5.55. The number of nitrogens with zero attached hydrogens (tertiary/aromatic N) is 3. The molecule has 0 saturated carbocycles. The van der Waals surface area contributed by atoms with Crippen LogP contribution in [-0.4, -0.2) is 20.9 Å². The van der Waals surface area contributed by atoms with Crippen molar-refractivity contribution in [2.75, 3.05) is 5.32 Å². The van der Waals surface area contributed by atoms with E-state index in [2.05, 4.69) is 20.3 Å². The first-order chi connectivity index (χ1) is 13.2. The van der Waals surface area contributed by atoms with E-state index < -0.39 is 0 Å². The average molecular weight is 394 g/mol. The highest BCUT2D eigenvalue weighted by Gasteiger charge is 2.14. The summed E-state index contributed by atoms with van der Waals surface area (Å²) in [5.74, 6) is 0.363. The molecule has 0 aliphatic carbocycles. The molecule has 0 spiro atoms. The number of aromatic nitrogens is 3. The maximum atomic E-state index is 12.5. The second-order valence-electron chi connectivity index (χ2n) is 5.58. The Kier molecular flexibility index (Phi) is 4.91. The molecule has 0 unspecified atom stereocenters. The third-order valence-electron chi connectivity index (χ3n) is 3.67. The predicted molar refractivity (Wildman–Crippen MR) is 107 cm³/mol. The highest BCUT2D eigenvalue weighted by atomic mass is 32.1. The van der Waals surface area contributed by atoms with Crippen LogP contribution in [0.5, 0.6) is 11.8 Å². The van der Waals surface area contributed by atoms with Crippen LogP contribution in [0.25, 0.3) is 9.88 Å². The van der Waals surface area contributed by atoms with Gasteiger partial charge in [0.05, 0.1) is 4.88 Å². The minimum Gasteiger partial charge on any atom is -0.424 e. The van der Waals surface area contributed by atoms with Crippen LogP contribution in [-0.2, 0) is 0 Å². The molecule has 0 aliphatic rings. The van der Waals surface area contributed by atoms with Crippen LogP contribution in [0.2, 0.25) is 0 Å². The zero-order valence-corrected chi connectivity index (χ0v) is 15.9. The highest BCUT2D eigenvalue weighted by Crippen LogP contribution is 2.29. The number of carbonyl (C=O) groups is 1. The lowest BCUT2D eigenvalue weighted by Gasteiger charge is -2.09. The van der Waals surface area contributed by atoms with E-state index in [-0.39, 0.29) is 11.9 Å². The van der Waals surface area contributed by atoms with Gasteiger partial charge in [0, 0.05) is 23.5 Å². The number of hydrogen-bond acceptors (Lipinski definition) is 7. The molecule has 3 heterocycles. The van der Waals surface area contributed by atoms with E-state index in [1.165, 1.54) is 11.3 Å². The summed E-state index contributed by atoms with van der Waals surface area (Å²) in [4.78, 5) is 26.0. The van der Waals surface area contributed by atoms with Crippen molar-refractivity contribution < 1.29 is 9.53 Å². The standard InChI is InChI=1S/C19H14N4O2S2/c1-12-10-13(25-19-20-7-3-8-21-19)5-6-14(12)22-17(24)15-11-27-18(23-15)16-4-2-9-26-16/h2-11H,1H3,(H,22,24). The number of anilines is 1. The largest absolute Gasteiger partial charge is 0.424 e. The fourth-order valence-electron chi connectivity index (χ4n) is 2.36. The van der Waals surface area contributed by atoms with Crippen molar-refractivity contribution in [3.63, 3.8) is 0 Å². The van der Waals surface area contributed by atoms with Crippen LogP contribution in [0.15, 0.2) is 59.6 Å². The van der Waals surface area contributed by atoms with Crippen LogP contribution in [0.3, 0.4) is 0 Å². The van der Waals surface area contributed by atoms with Gasteiger partial charge in [-0.25, -0.2) is 15.0 Å². The van der Waals surface area contributed by atoms with Crippen molar-refractivity contribution in [2.45, 2.75) is 6.92 Å². The van der Waals surface area contributed by atoms with Crippen molar-refractivity contribution in [1.29, 1.82) is 0 Å². The van der Waals surface area contributed by atoms with E-state index in [9.17, 15) is 4.79 Å². The molecule has 0 bridgehead atoms. The van der Waals surface area contributed by atoms with Gasteiger partial charge in [-0.05, 0) is 48.2 Å². The summed E-state index contributed by atoms with van der Waals surface area (Å²) in [5, 5.41) is 7.50. The molecule has 134 valence electrons. The van der Waals surface area contributed by atoms with Crippen LogP contribution in [0, 0.1) is 6.92 Å². The molecule has 3 aromatic heterocycles. The Hall–Kier alpha value is -3.10. The van der Waals surface area contributed by atoms with E-state index in [1.54, 1.807) is 47.3 Å². The van der Waals surface area contributed by atoms with E-state index >= 15 is 0 Å². The van der Waals surface area contributed by atoms with Gasteiger partial charge in [0.2, 0.25) is 0 Å². The maximum Gasteiger partial charge on any atom is 0.321 e. The van der Waals surface area contributed by atoms with Crippen LogP contribution < -0.4 is 10.1 Å². The van der Waals surface area contributed by atoms with Crippen molar-refractivity contribution in [3.05, 3.63) is 70.8 Å². The number of nitrogens with one attached hydrogen (secondary N) is 1. The van der Waals surface area contributed by atoms with Gasteiger partial charge < -0.3 is 10.1 Å². The summed E-state index contributed by atoms with van der Waals surface area (Å²) in [6, 6.07) is 11.3. The molecular weight excluding hydrogens is 380 g/mol. The van der Waals surface area contributed by atoms with E-state index in [0.717, 1.165) is 15.4 Å². The Balaban J connectivity index is 1.47. The zero-order valence-electron chi connectivity index (χ0n) is 14.2. The topological polar surface area (TPSA) is 77.0 Å². The number of carbonyl (C=O) groups excluding carboxylic acids is 1. The molecule has 0 radical (unpaired) electrons. The summed E-state index contributed by atoms with van der Waals surface area (Å²) in [5.41, 5.74) is 1.97. The molecule has 27 heavy (non-hydrogen) atoms. The normalized spacial score (nSPS) is 10.6. The second-order valence-corrected chi connectivity index (χ2v) is 7.39. The summed E-state index contributed by atoms with van der Waals surface area (Å²) in [6.07, 6.45) is 3.23. The Morgan fingerprint density at radius 3 is 2.70 bits per heavy atom. The maximum absolute atomic E-state index is 12.5. The first kappa shape index (κ1) is 17.3. The first-order valence-electron chi connectivity index (χ1n) is 8.05. The Labute approximate surface area is 163 Å². The molecule has 1 N–H and O–H groups in total. The average Bonchev–Trinajstić information content (AvgIpc) is 3.36. The molecule has 4 aromatic rings. The first-order valence-corrected chi connectivity index (χ1v) is 9.81. The molecule has 6 nitrogen and oxygen atoms in total. The third kappa shape index (κ3) is 4.02. The SMILES string of the molecule is Cc1cc(Oc2ncccn2)ccc1NC(=O)c1csc(-c2cccs2)n1. The van der Waals surface area contributed by atoms with Crippen molar-refractivity contribution in [2.24, 2.45) is 0 Å². The lowest BCUT2D eigenvalue weighted by Crippen LogP contribution is -2.13. The Morgan fingerprint density at radius 2 is 1.96 bits per heavy atom. The molecule has 0 saturated heterocycles. The van der Waals surface area contributed by atoms with Crippen molar-refractivity contribution in [3.8, 4) is 21.6 Å². The molecule has 4 rings (SSSR count). The predicted octanol–water partition coefficient (Wildman–Crippen LogP) is 5.01. The van der Waals surface area contributed by atoms with Crippen molar-refractivity contribution >= 4 is 34.3 Å². The number of amides is 1. The van der Waals surface area contributed by atoms with E-state index in [0.29, 0.717) is 17.1 Å². The van der Waals surface area contributed by atoms with Gasteiger partial charge in [0.1, 0.15) is 16.5 Å². The van der Waals surface area contributed by atoms with E-state index in [1.807, 2.05) is 30.5 Å². The van der Waals surface area contributed by atoms with Gasteiger partial charge in [-0.15, -0.1) is 22.7 Å². The number of aryl methyl sites for hydroxylation is 1. The molecule has 0 aliphatic heterocycles. The van der Waals surface area contributed by atoms with E-state index in [4.69, 9.17) is 4.74 Å². The lowest BCUT2D eigenvalue weighted by molar-refractivity contribution is 0.102. The zero-order chi connectivity index (χ0) is 18.6. The molecule has 0 atom stereocenters. The van der Waals surface area contributed by atoms with Crippen molar-refractivity contribution in [1.82, 2.24) is 15.0 Å². The quantitative estimate of drug-likeness (QED) is 0.515. The van der Waals surface area contributed by atoms with Crippen LogP contribution in [0.4, 0.5) is 5.69 Å². The van der Waals surface area contributed by atoms with Gasteiger partial charge in [0.15, 0.2) is 0 Å². The van der Waals surface area contributed by atoms with Gasteiger partial charge in [-0.2, -0.15) is 0 Å². The minimum atomic E-state index is -0.239. The fraction of sp³-hybridized carbons (Fsp3) is 0.0526. The smallest absolute Gasteiger partial charge is 0.321 e. The number of benzene rings is 1. The molecular formula is C19H14N4O2S2. The monoisotopic (exact) mass is 394 g/mol. The van der Waals surface area contributed by atoms with Crippen LogP contribution >= 0.6 is 22.7 Å². The molecule has 1 amide bonds. The van der Waals surface area contributed by atoms with Gasteiger partial charge >= 0.3 is 6.01 Å². The summed E-state index contributed by atoms with van der Waals surface area (Å²) < 4.78 is 5.60. The van der Waals surface area contributed by atoms with Crippen LogP contribution in [0.1, 0.15) is 16.1 Å². The number of thiazole rings is 1. The second kappa shape index (κ2) is 7.65. The summed E-state index contributed by atoms with van der Waals surface area (Å²) in [6.45, 7) is 1.90. The number of ether oxygens (including phenoxy) is 1. The van der Waals surface area contributed by atoms with Gasteiger partial charge in [-0.3, -0.25) is 4.79 Å². The van der Waals surface area contributed by atoms with Gasteiger partial charge in [-0.1, -0.05) is 6.07 Å². The lowest BCUT2D eigenvalue weighted by atomic mass is 10.2. The summed E-state index contributed by atoms with van der Waals surface area (Å²) in [7, 11) is 0. The fourth-order valence-corrected chi connectivity index (χ4v) is 3.98. The Morgan fingerprint density at radius 1 is 1.11 bits per heavy atom. The highest BCUT2D eigenvalue weighted by molar-refractivity contribution is 7.20. The molecule has 8 heteroatoms. The summed E-state index contributed by atoms with van der Waals surface area (Å²) >= 11 is 3.06. The number of thiophene rings is 1. The van der Waals surface area contributed by atoms with Gasteiger partial charge in [0.25, 0.3) is 5.91 Å². The molecule has 0 fully saturated rings. The number of rotatable bonds is 5.